The number of ether oxygens (including phenoxy) is 1. The van der Waals surface area contributed by atoms with E-state index in [2.05, 4.69) is 58.8 Å². The van der Waals surface area contributed by atoms with Crippen LogP contribution in [0.1, 0.15) is 12.0 Å². The van der Waals surface area contributed by atoms with E-state index in [-0.39, 0.29) is 24.0 Å². The molecule has 0 saturated heterocycles. The van der Waals surface area contributed by atoms with E-state index >= 15 is 0 Å². The lowest BCUT2D eigenvalue weighted by atomic mass is 10.2. The van der Waals surface area contributed by atoms with Gasteiger partial charge in [0.25, 0.3) is 0 Å². The lowest BCUT2D eigenvalue weighted by Crippen LogP contribution is -2.41. The Labute approximate surface area is 174 Å². The first-order valence-electron chi connectivity index (χ1n) is 8.47. The average molecular weight is 480 g/mol. The Morgan fingerprint density at radius 2 is 1.84 bits per heavy atom. The van der Waals surface area contributed by atoms with Crippen molar-refractivity contribution in [2.45, 2.75) is 18.2 Å². The van der Waals surface area contributed by atoms with Crippen molar-refractivity contribution in [1.29, 1.82) is 0 Å². The maximum Gasteiger partial charge on any atom is 0.191 e. The van der Waals surface area contributed by atoms with Crippen molar-refractivity contribution in [2.24, 2.45) is 4.99 Å². The molecule has 0 heterocycles. The predicted molar refractivity (Wildman–Crippen MR) is 121 cm³/mol. The molecule has 0 aliphatic rings. The van der Waals surface area contributed by atoms with E-state index < -0.39 is 0 Å². The van der Waals surface area contributed by atoms with Crippen LogP contribution < -0.4 is 10.6 Å². The first-order valence-corrected chi connectivity index (χ1v) is 9.45. The van der Waals surface area contributed by atoms with Crippen molar-refractivity contribution in [1.82, 2.24) is 15.5 Å². The van der Waals surface area contributed by atoms with Crippen LogP contribution in [-0.2, 0) is 4.74 Å². The van der Waals surface area contributed by atoms with E-state index in [4.69, 9.17) is 4.74 Å². The first kappa shape index (κ1) is 24.5. The summed E-state index contributed by atoms with van der Waals surface area (Å²) in [4.78, 5) is 7.87. The number of hydrogen-bond donors (Lipinski definition) is 2. The Morgan fingerprint density at radius 3 is 2.48 bits per heavy atom. The fraction of sp³-hybridized carbons (Fsp3) is 0.611. The van der Waals surface area contributed by atoms with Gasteiger partial charge < -0.3 is 20.3 Å². The van der Waals surface area contributed by atoms with Crippen LogP contribution in [0.2, 0.25) is 0 Å². The molecule has 144 valence electrons. The quantitative estimate of drug-likeness (QED) is 0.168. The van der Waals surface area contributed by atoms with Crippen LogP contribution >= 0.6 is 35.7 Å². The van der Waals surface area contributed by atoms with Crippen LogP contribution in [-0.4, -0.2) is 70.6 Å². The molecule has 0 atom stereocenters. The molecule has 5 nitrogen and oxygen atoms in total. The van der Waals surface area contributed by atoms with Gasteiger partial charge in [-0.25, -0.2) is 0 Å². The number of thioether (sulfide) groups is 1. The second kappa shape index (κ2) is 15.7. The Hall–Kier alpha value is -0.510. The van der Waals surface area contributed by atoms with Crippen LogP contribution in [0.25, 0.3) is 0 Å². The minimum absolute atomic E-state index is 0. The van der Waals surface area contributed by atoms with Crippen LogP contribution in [0, 0.1) is 6.92 Å². The molecule has 0 aliphatic carbocycles. The summed E-state index contributed by atoms with van der Waals surface area (Å²) in [5.41, 5.74) is 1.30. The Balaban J connectivity index is 0.00000576. The van der Waals surface area contributed by atoms with Gasteiger partial charge in [-0.05, 0) is 32.5 Å². The molecule has 0 fully saturated rings. The lowest BCUT2D eigenvalue weighted by molar-refractivity contribution is 0.180. The van der Waals surface area contributed by atoms with Gasteiger partial charge in [0.1, 0.15) is 0 Å². The van der Waals surface area contributed by atoms with Crippen molar-refractivity contribution in [3.63, 3.8) is 0 Å². The normalized spacial score (nSPS) is 11.3. The Bertz CT molecular complexity index is 471. The minimum atomic E-state index is 0. The molecule has 1 rings (SSSR count). The predicted octanol–water partition coefficient (Wildman–Crippen LogP) is 2.84. The number of aryl methyl sites for hydroxylation is 1. The first-order chi connectivity index (χ1) is 11.7. The molecule has 25 heavy (non-hydrogen) atoms. The summed E-state index contributed by atoms with van der Waals surface area (Å²) in [7, 11) is 5.69. The number of benzene rings is 1. The second-order valence-electron chi connectivity index (χ2n) is 5.74. The largest absolute Gasteiger partial charge is 0.385 e. The zero-order valence-corrected chi connectivity index (χ0v) is 19.0. The second-order valence-corrected chi connectivity index (χ2v) is 6.91. The van der Waals surface area contributed by atoms with Crippen molar-refractivity contribution in [3.8, 4) is 0 Å². The number of hydrogen-bond acceptors (Lipinski definition) is 4. The van der Waals surface area contributed by atoms with E-state index in [0.717, 1.165) is 50.9 Å². The molecule has 0 aliphatic heterocycles. The molecule has 2 N–H and O–H groups in total. The van der Waals surface area contributed by atoms with E-state index in [0.29, 0.717) is 0 Å². The van der Waals surface area contributed by atoms with E-state index in [1.807, 2.05) is 18.8 Å². The third-order valence-corrected chi connectivity index (χ3v) is 4.60. The molecule has 0 spiro atoms. The number of aliphatic imine (C=N–C) groups is 1. The number of nitrogens with one attached hydrogen (secondary N) is 2. The van der Waals surface area contributed by atoms with Crippen LogP contribution in [0.3, 0.4) is 0 Å². The van der Waals surface area contributed by atoms with Crippen LogP contribution in [0.4, 0.5) is 0 Å². The van der Waals surface area contributed by atoms with Gasteiger partial charge in [-0.3, -0.25) is 4.99 Å². The summed E-state index contributed by atoms with van der Waals surface area (Å²) < 4.78 is 5.07. The fourth-order valence-corrected chi connectivity index (χ4v) is 2.92. The molecular formula is C18H33IN4OS. The van der Waals surface area contributed by atoms with Gasteiger partial charge in [-0.2, -0.15) is 0 Å². The van der Waals surface area contributed by atoms with Crippen LogP contribution in [0.15, 0.2) is 34.2 Å². The topological polar surface area (TPSA) is 48.9 Å². The van der Waals surface area contributed by atoms with E-state index in [1.165, 1.54) is 10.5 Å². The zero-order valence-electron chi connectivity index (χ0n) is 15.9. The SMILES string of the molecule is CN=C(NCCSc1ccc(C)cc1)NCCN(C)CCCOC.I. The number of methoxy groups -OCH3 is 1. The van der Waals surface area contributed by atoms with Gasteiger partial charge in [-0.15, -0.1) is 35.7 Å². The fourth-order valence-electron chi connectivity index (χ4n) is 2.15. The van der Waals surface area contributed by atoms with Gasteiger partial charge in [0.2, 0.25) is 0 Å². The number of guanidine groups is 1. The molecule has 1 aromatic carbocycles. The number of halogens is 1. The molecule has 0 bridgehead atoms. The molecular weight excluding hydrogens is 447 g/mol. The molecule has 0 amide bonds. The highest BCUT2D eigenvalue weighted by Crippen LogP contribution is 2.17. The Kier molecular flexibility index (Phi) is 15.4. The molecule has 0 saturated carbocycles. The minimum Gasteiger partial charge on any atom is -0.385 e. The maximum atomic E-state index is 5.07. The molecule has 0 aromatic heterocycles. The third kappa shape index (κ3) is 12.5. The highest BCUT2D eigenvalue weighted by molar-refractivity contribution is 14.0. The van der Waals surface area contributed by atoms with Crippen LogP contribution in [0.5, 0.6) is 0 Å². The summed E-state index contributed by atoms with van der Waals surface area (Å²) in [6.45, 7) is 6.74. The van der Waals surface area contributed by atoms with Gasteiger partial charge >= 0.3 is 0 Å². The van der Waals surface area contributed by atoms with Gasteiger partial charge in [-0.1, -0.05) is 17.7 Å². The summed E-state index contributed by atoms with van der Waals surface area (Å²) in [5.74, 6) is 1.88. The van der Waals surface area contributed by atoms with Gasteiger partial charge in [0.05, 0.1) is 0 Å². The highest BCUT2D eigenvalue weighted by atomic mass is 127. The van der Waals surface area contributed by atoms with E-state index in [9.17, 15) is 0 Å². The van der Waals surface area contributed by atoms with Crippen molar-refractivity contribution < 1.29 is 4.74 Å². The standard InChI is InChI=1S/C18H32N4OS.HI/c1-16-6-8-17(9-7-16)24-15-11-21-18(19-2)20-10-13-22(3)12-5-14-23-4;/h6-9H,5,10-15H2,1-4H3,(H2,19,20,21);1H. The average Bonchev–Trinajstić information content (AvgIpc) is 2.59. The zero-order chi connectivity index (χ0) is 17.6. The summed E-state index contributed by atoms with van der Waals surface area (Å²) in [5, 5.41) is 6.71. The number of rotatable bonds is 11. The summed E-state index contributed by atoms with van der Waals surface area (Å²) in [6.07, 6.45) is 1.07. The number of likely N-dealkylation sites (N-methyl/N-ethyl adjacent to an activating group) is 1. The lowest BCUT2D eigenvalue weighted by Gasteiger charge is -2.18. The smallest absolute Gasteiger partial charge is 0.191 e. The summed E-state index contributed by atoms with van der Waals surface area (Å²) in [6, 6.07) is 8.65. The van der Waals surface area contributed by atoms with Crippen molar-refractivity contribution in [3.05, 3.63) is 29.8 Å². The summed E-state index contributed by atoms with van der Waals surface area (Å²) >= 11 is 1.86. The maximum absolute atomic E-state index is 5.07. The molecule has 1 aromatic rings. The Morgan fingerprint density at radius 1 is 1.16 bits per heavy atom. The van der Waals surface area contributed by atoms with Crippen molar-refractivity contribution in [2.75, 3.05) is 59.7 Å². The molecule has 0 radical (unpaired) electrons. The van der Waals surface area contributed by atoms with Crippen molar-refractivity contribution >= 4 is 41.7 Å². The molecule has 7 heteroatoms. The van der Waals surface area contributed by atoms with Gasteiger partial charge in [0, 0.05) is 57.6 Å². The monoisotopic (exact) mass is 480 g/mol. The number of nitrogens with zero attached hydrogens (tertiary/aromatic N) is 2. The molecule has 0 unspecified atom stereocenters. The van der Waals surface area contributed by atoms with E-state index in [1.54, 1.807) is 7.11 Å². The third-order valence-electron chi connectivity index (χ3n) is 3.58. The highest BCUT2D eigenvalue weighted by Gasteiger charge is 2.01. The van der Waals surface area contributed by atoms with Gasteiger partial charge in [0.15, 0.2) is 5.96 Å².